The molecule has 1 amide bonds. The second kappa shape index (κ2) is 1.74. The Morgan fingerprint density at radius 3 is 2.62 bits per heavy atom. The number of hydrogen-bond donors (Lipinski definition) is 1. The lowest BCUT2D eigenvalue weighted by Crippen LogP contribution is -2.16. The topological polar surface area (TPSA) is 40.3 Å². The predicted octanol–water partition coefficient (Wildman–Crippen LogP) is -0.443. The summed E-state index contributed by atoms with van der Waals surface area (Å²) in [6, 6.07) is 0. The van der Waals surface area contributed by atoms with Crippen LogP contribution in [0.5, 0.6) is 0 Å². The SMILES string of the molecule is CCC(O)N1CC1=O. The highest BCUT2D eigenvalue weighted by Crippen LogP contribution is 2.12. The van der Waals surface area contributed by atoms with Crippen LogP contribution in [0, 0.1) is 0 Å². The molecule has 0 bridgehead atoms. The van der Waals surface area contributed by atoms with Crippen molar-refractivity contribution < 1.29 is 9.90 Å². The molecular weight excluding hydrogens is 106 g/mol. The maximum atomic E-state index is 10.3. The summed E-state index contributed by atoms with van der Waals surface area (Å²) in [6.07, 6.45) is 0.105. The molecule has 0 aromatic rings. The number of rotatable bonds is 2. The van der Waals surface area contributed by atoms with Crippen LogP contribution in [0.3, 0.4) is 0 Å². The highest BCUT2D eigenvalue weighted by atomic mass is 16.3. The van der Waals surface area contributed by atoms with E-state index in [0.29, 0.717) is 13.0 Å². The van der Waals surface area contributed by atoms with Gasteiger partial charge in [-0.2, -0.15) is 0 Å². The van der Waals surface area contributed by atoms with Gasteiger partial charge in [-0.3, -0.25) is 4.79 Å². The van der Waals surface area contributed by atoms with Gasteiger partial charge in [-0.25, -0.2) is 0 Å². The van der Waals surface area contributed by atoms with E-state index in [1.165, 1.54) is 4.90 Å². The number of carbonyl (C=O) groups is 1. The Hall–Kier alpha value is -0.570. The van der Waals surface area contributed by atoms with Gasteiger partial charge in [0.1, 0.15) is 12.8 Å². The summed E-state index contributed by atoms with van der Waals surface area (Å²) >= 11 is 0. The van der Waals surface area contributed by atoms with Crippen LogP contribution in [-0.4, -0.2) is 28.7 Å². The van der Waals surface area contributed by atoms with Gasteiger partial charge >= 0.3 is 0 Å². The zero-order valence-electron chi connectivity index (χ0n) is 4.79. The van der Waals surface area contributed by atoms with E-state index in [2.05, 4.69) is 0 Å². The lowest BCUT2D eigenvalue weighted by Gasteiger charge is -2.04. The minimum absolute atomic E-state index is 0.0550. The van der Waals surface area contributed by atoms with Crippen molar-refractivity contribution >= 4 is 5.91 Å². The maximum absolute atomic E-state index is 10.3. The molecule has 0 aromatic heterocycles. The van der Waals surface area contributed by atoms with Crippen LogP contribution in [0.15, 0.2) is 0 Å². The summed E-state index contributed by atoms with van der Waals surface area (Å²) in [7, 11) is 0. The van der Waals surface area contributed by atoms with E-state index in [1.54, 1.807) is 0 Å². The molecule has 0 aromatic carbocycles. The molecular formula is C5H9NO2. The van der Waals surface area contributed by atoms with Gasteiger partial charge < -0.3 is 10.0 Å². The first-order valence-electron chi connectivity index (χ1n) is 2.73. The van der Waals surface area contributed by atoms with E-state index >= 15 is 0 Å². The van der Waals surface area contributed by atoms with Crippen molar-refractivity contribution in [1.82, 2.24) is 4.90 Å². The molecule has 1 rings (SSSR count). The summed E-state index contributed by atoms with van der Waals surface area (Å²) in [5.74, 6) is 0.0550. The average Bonchev–Trinajstić information content (AvgIpc) is 2.45. The predicted molar refractivity (Wildman–Crippen MR) is 28.0 cm³/mol. The first kappa shape index (κ1) is 5.56. The number of aliphatic hydroxyl groups is 1. The molecule has 0 spiro atoms. The zero-order valence-corrected chi connectivity index (χ0v) is 4.79. The lowest BCUT2D eigenvalue weighted by atomic mass is 10.4. The molecule has 1 fully saturated rings. The molecule has 1 aliphatic heterocycles. The molecule has 1 aliphatic rings. The van der Waals surface area contributed by atoms with E-state index in [0.717, 1.165) is 0 Å². The van der Waals surface area contributed by atoms with Crippen LogP contribution in [0.1, 0.15) is 13.3 Å². The zero-order chi connectivity index (χ0) is 6.15. The fraction of sp³-hybridized carbons (Fsp3) is 0.800. The second-order valence-corrected chi connectivity index (χ2v) is 1.91. The highest BCUT2D eigenvalue weighted by Gasteiger charge is 2.34. The summed E-state index contributed by atoms with van der Waals surface area (Å²) in [5.41, 5.74) is 0. The monoisotopic (exact) mass is 115 g/mol. The van der Waals surface area contributed by atoms with Crippen LogP contribution in [0.2, 0.25) is 0 Å². The highest BCUT2D eigenvalue weighted by molar-refractivity contribution is 5.92. The minimum atomic E-state index is -0.525. The number of hydrogen-bond acceptors (Lipinski definition) is 2. The Morgan fingerprint density at radius 1 is 2.00 bits per heavy atom. The Morgan fingerprint density at radius 2 is 2.50 bits per heavy atom. The number of amides is 1. The molecule has 3 heteroatoms. The van der Waals surface area contributed by atoms with Crippen molar-refractivity contribution in [3.05, 3.63) is 0 Å². The van der Waals surface area contributed by atoms with Gasteiger partial charge in [-0.1, -0.05) is 6.92 Å². The van der Waals surface area contributed by atoms with Gasteiger partial charge in [0, 0.05) is 0 Å². The molecule has 1 saturated heterocycles. The van der Waals surface area contributed by atoms with Gasteiger partial charge in [0.05, 0.1) is 0 Å². The summed E-state index contributed by atoms with van der Waals surface area (Å²) in [5, 5.41) is 8.87. The van der Waals surface area contributed by atoms with Crippen molar-refractivity contribution in [2.24, 2.45) is 0 Å². The third-order valence-corrected chi connectivity index (χ3v) is 1.25. The molecule has 8 heavy (non-hydrogen) atoms. The number of nitrogens with zero attached hydrogens (tertiary/aromatic N) is 1. The first-order valence-corrected chi connectivity index (χ1v) is 2.73. The molecule has 0 radical (unpaired) electrons. The third-order valence-electron chi connectivity index (χ3n) is 1.25. The molecule has 1 unspecified atom stereocenters. The Labute approximate surface area is 47.9 Å². The molecule has 1 N–H and O–H groups in total. The number of carbonyl (C=O) groups excluding carboxylic acids is 1. The Balaban J connectivity index is 2.28. The molecule has 46 valence electrons. The molecule has 1 atom stereocenters. The van der Waals surface area contributed by atoms with E-state index in [1.807, 2.05) is 6.92 Å². The van der Waals surface area contributed by atoms with Gasteiger partial charge in [0.25, 0.3) is 0 Å². The van der Waals surface area contributed by atoms with E-state index in [9.17, 15) is 4.79 Å². The Kier molecular flexibility index (Phi) is 1.21. The van der Waals surface area contributed by atoms with Gasteiger partial charge in [0.2, 0.25) is 5.91 Å². The third kappa shape index (κ3) is 0.816. The largest absolute Gasteiger partial charge is 0.374 e. The standard InChI is InChI=1S/C5H9NO2/c1-2-4(7)6-3-5(6)8/h4,7H,2-3H2,1H3. The van der Waals surface area contributed by atoms with Gasteiger partial charge in [0.15, 0.2) is 0 Å². The lowest BCUT2D eigenvalue weighted by molar-refractivity contribution is -0.116. The van der Waals surface area contributed by atoms with Crippen molar-refractivity contribution in [1.29, 1.82) is 0 Å². The first-order chi connectivity index (χ1) is 3.75. The number of aliphatic hydroxyl groups excluding tert-OH is 1. The van der Waals surface area contributed by atoms with Crippen LogP contribution in [0.25, 0.3) is 0 Å². The van der Waals surface area contributed by atoms with Crippen LogP contribution < -0.4 is 0 Å². The van der Waals surface area contributed by atoms with Crippen LogP contribution in [-0.2, 0) is 4.79 Å². The molecule has 3 nitrogen and oxygen atoms in total. The normalized spacial score (nSPS) is 21.2. The smallest absolute Gasteiger partial charge is 0.244 e. The molecule has 1 heterocycles. The molecule has 0 aliphatic carbocycles. The van der Waals surface area contributed by atoms with E-state index < -0.39 is 6.23 Å². The van der Waals surface area contributed by atoms with Gasteiger partial charge in [-0.15, -0.1) is 0 Å². The molecule has 0 saturated carbocycles. The fourth-order valence-electron chi connectivity index (χ4n) is 0.602. The van der Waals surface area contributed by atoms with Crippen LogP contribution in [0.4, 0.5) is 0 Å². The van der Waals surface area contributed by atoms with Crippen LogP contribution >= 0.6 is 0 Å². The maximum Gasteiger partial charge on any atom is 0.244 e. The van der Waals surface area contributed by atoms with Crippen molar-refractivity contribution in [3.63, 3.8) is 0 Å². The minimum Gasteiger partial charge on any atom is -0.374 e. The second-order valence-electron chi connectivity index (χ2n) is 1.91. The summed E-state index contributed by atoms with van der Waals surface area (Å²) in [6.45, 7) is 2.28. The van der Waals surface area contributed by atoms with E-state index in [4.69, 9.17) is 5.11 Å². The summed E-state index contributed by atoms with van der Waals surface area (Å²) in [4.78, 5) is 11.7. The average molecular weight is 115 g/mol. The van der Waals surface area contributed by atoms with Gasteiger partial charge in [-0.05, 0) is 6.42 Å². The Bertz CT molecular complexity index is 113. The van der Waals surface area contributed by atoms with E-state index in [-0.39, 0.29) is 5.91 Å². The summed E-state index contributed by atoms with van der Waals surface area (Å²) < 4.78 is 0. The fourth-order valence-corrected chi connectivity index (χ4v) is 0.602. The quantitative estimate of drug-likeness (QED) is 0.495. The van der Waals surface area contributed by atoms with Crippen molar-refractivity contribution in [3.8, 4) is 0 Å². The van der Waals surface area contributed by atoms with Crippen molar-refractivity contribution in [2.45, 2.75) is 19.6 Å². The van der Waals surface area contributed by atoms with Crippen molar-refractivity contribution in [2.75, 3.05) is 6.54 Å².